The van der Waals surface area contributed by atoms with Crippen molar-refractivity contribution in [2.45, 2.75) is 23.8 Å². The van der Waals surface area contributed by atoms with Gasteiger partial charge < -0.3 is 10.6 Å². The standard InChI is InChI=1S/C13H18N2O3S/c1-19(17,18)12-7-3-2-6-11(12)13(16)15-10-5-4-8-14-9-10/h2-3,6-7,10,14H,4-5,8-9H2,1H3,(H,15,16)/t10-/m0/s1. The van der Waals surface area contributed by atoms with Crippen molar-refractivity contribution in [2.75, 3.05) is 19.3 Å². The lowest BCUT2D eigenvalue weighted by atomic mass is 10.1. The fourth-order valence-corrected chi connectivity index (χ4v) is 3.10. The quantitative estimate of drug-likeness (QED) is 0.850. The SMILES string of the molecule is CS(=O)(=O)c1ccccc1C(=O)N[C@H]1CCCNC1. The average molecular weight is 282 g/mol. The van der Waals surface area contributed by atoms with E-state index in [4.69, 9.17) is 0 Å². The average Bonchev–Trinajstić information content (AvgIpc) is 2.39. The van der Waals surface area contributed by atoms with E-state index in [0.29, 0.717) is 0 Å². The van der Waals surface area contributed by atoms with Crippen molar-refractivity contribution < 1.29 is 13.2 Å². The highest BCUT2D eigenvalue weighted by Crippen LogP contribution is 2.15. The van der Waals surface area contributed by atoms with E-state index in [2.05, 4.69) is 10.6 Å². The van der Waals surface area contributed by atoms with Crippen LogP contribution in [0.4, 0.5) is 0 Å². The Kier molecular flexibility index (Phi) is 4.21. The van der Waals surface area contributed by atoms with Gasteiger partial charge in [-0.3, -0.25) is 4.79 Å². The molecule has 0 bridgehead atoms. The Morgan fingerprint density at radius 1 is 1.37 bits per heavy atom. The molecule has 1 aliphatic heterocycles. The van der Waals surface area contributed by atoms with E-state index in [1.54, 1.807) is 18.2 Å². The van der Waals surface area contributed by atoms with Gasteiger partial charge in [-0.25, -0.2) is 8.42 Å². The first-order valence-electron chi connectivity index (χ1n) is 6.29. The van der Waals surface area contributed by atoms with Crippen LogP contribution < -0.4 is 10.6 Å². The molecular weight excluding hydrogens is 264 g/mol. The van der Waals surface area contributed by atoms with Crippen molar-refractivity contribution in [3.05, 3.63) is 29.8 Å². The van der Waals surface area contributed by atoms with Gasteiger partial charge in [0.2, 0.25) is 0 Å². The lowest BCUT2D eigenvalue weighted by molar-refractivity contribution is 0.0927. The Labute approximate surface area is 113 Å². The third-order valence-corrected chi connectivity index (χ3v) is 4.32. The van der Waals surface area contributed by atoms with Crippen LogP contribution >= 0.6 is 0 Å². The van der Waals surface area contributed by atoms with E-state index < -0.39 is 9.84 Å². The Morgan fingerprint density at radius 3 is 2.74 bits per heavy atom. The van der Waals surface area contributed by atoms with E-state index in [9.17, 15) is 13.2 Å². The van der Waals surface area contributed by atoms with Crippen LogP contribution in [0.15, 0.2) is 29.2 Å². The first-order valence-corrected chi connectivity index (χ1v) is 8.18. The third kappa shape index (κ3) is 3.54. The van der Waals surface area contributed by atoms with Crippen molar-refractivity contribution in [3.8, 4) is 0 Å². The van der Waals surface area contributed by atoms with Crippen LogP contribution in [0.1, 0.15) is 23.2 Å². The molecule has 1 saturated heterocycles. The van der Waals surface area contributed by atoms with Gasteiger partial charge in [0, 0.05) is 18.8 Å². The van der Waals surface area contributed by atoms with Crippen molar-refractivity contribution >= 4 is 15.7 Å². The van der Waals surface area contributed by atoms with Gasteiger partial charge in [0.1, 0.15) is 0 Å². The number of benzene rings is 1. The minimum Gasteiger partial charge on any atom is -0.348 e. The number of nitrogens with one attached hydrogen (secondary N) is 2. The van der Waals surface area contributed by atoms with Crippen LogP contribution in [0, 0.1) is 0 Å². The molecule has 5 nitrogen and oxygen atoms in total. The lowest BCUT2D eigenvalue weighted by Crippen LogP contribution is -2.45. The molecule has 2 rings (SSSR count). The van der Waals surface area contributed by atoms with Gasteiger partial charge in [-0.15, -0.1) is 0 Å². The summed E-state index contributed by atoms with van der Waals surface area (Å²) in [7, 11) is -3.40. The van der Waals surface area contributed by atoms with Crippen LogP contribution in [-0.4, -0.2) is 39.7 Å². The monoisotopic (exact) mass is 282 g/mol. The molecule has 1 fully saturated rings. The molecule has 0 aliphatic carbocycles. The molecule has 19 heavy (non-hydrogen) atoms. The van der Waals surface area contributed by atoms with Crippen LogP contribution in [-0.2, 0) is 9.84 Å². The van der Waals surface area contributed by atoms with Crippen LogP contribution in [0.25, 0.3) is 0 Å². The Bertz CT molecular complexity index is 563. The highest BCUT2D eigenvalue weighted by Gasteiger charge is 2.21. The number of sulfone groups is 1. The van der Waals surface area contributed by atoms with Crippen molar-refractivity contribution in [3.63, 3.8) is 0 Å². The number of amides is 1. The second kappa shape index (κ2) is 5.71. The number of hydrogen-bond acceptors (Lipinski definition) is 4. The summed E-state index contributed by atoms with van der Waals surface area (Å²) in [6, 6.07) is 6.36. The largest absolute Gasteiger partial charge is 0.348 e. The van der Waals surface area contributed by atoms with Gasteiger partial charge in [-0.2, -0.15) is 0 Å². The minimum absolute atomic E-state index is 0.0638. The molecule has 1 heterocycles. The molecule has 0 saturated carbocycles. The van der Waals surface area contributed by atoms with E-state index in [-0.39, 0.29) is 22.4 Å². The predicted molar refractivity (Wildman–Crippen MR) is 72.9 cm³/mol. The number of carbonyl (C=O) groups is 1. The van der Waals surface area contributed by atoms with Gasteiger partial charge in [0.05, 0.1) is 10.5 Å². The van der Waals surface area contributed by atoms with Gasteiger partial charge >= 0.3 is 0 Å². The maximum atomic E-state index is 12.2. The fourth-order valence-electron chi connectivity index (χ4n) is 2.22. The zero-order valence-corrected chi connectivity index (χ0v) is 11.7. The van der Waals surface area contributed by atoms with E-state index >= 15 is 0 Å². The molecule has 1 aromatic rings. The second-order valence-corrected chi connectivity index (χ2v) is 6.77. The second-order valence-electron chi connectivity index (χ2n) is 4.79. The maximum Gasteiger partial charge on any atom is 0.252 e. The highest BCUT2D eigenvalue weighted by atomic mass is 32.2. The molecule has 0 unspecified atom stereocenters. The maximum absolute atomic E-state index is 12.2. The van der Waals surface area contributed by atoms with Gasteiger partial charge in [0.15, 0.2) is 9.84 Å². The zero-order valence-electron chi connectivity index (χ0n) is 10.8. The van der Waals surface area contributed by atoms with Crippen molar-refractivity contribution in [1.29, 1.82) is 0 Å². The molecule has 1 aliphatic rings. The van der Waals surface area contributed by atoms with Gasteiger partial charge in [-0.1, -0.05) is 12.1 Å². The molecule has 1 aromatic carbocycles. The molecule has 0 spiro atoms. The summed E-state index contributed by atoms with van der Waals surface area (Å²) in [6.07, 6.45) is 3.04. The Hall–Kier alpha value is -1.40. The number of piperidine rings is 1. The summed E-state index contributed by atoms with van der Waals surface area (Å²) in [5.41, 5.74) is 0.218. The van der Waals surface area contributed by atoms with Gasteiger partial charge in [0.25, 0.3) is 5.91 Å². The first kappa shape index (κ1) is 14.0. The fraction of sp³-hybridized carbons (Fsp3) is 0.462. The van der Waals surface area contributed by atoms with Crippen LogP contribution in [0.3, 0.4) is 0 Å². The summed E-state index contributed by atoms with van der Waals surface area (Å²) in [5.74, 6) is -0.324. The summed E-state index contributed by atoms with van der Waals surface area (Å²) in [4.78, 5) is 12.3. The zero-order chi connectivity index (χ0) is 13.9. The summed E-state index contributed by atoms with van der Waals surface area (Å²) in [5, 5.41) is 6.09. The molecule has 104 valence electrons. The molecule has 1 amide bonds. The molecule has 1 atom stereocenters. The lowest BCUT2D eigenvalue weighted by Gasteiger charge is -2.24. The predicted octanol–water partition coefficient (Wildman–Crippen LogP) is 0.572. The normalized spacial score (nSPS) is 19.9. The third-order valence-electron chi connectivity index (χ3n) is 3.16. The highest BCUT2D eigenvalue weighted by molar-refractivity contribution is 7.90. The van der Waals surface area contributed by atoms with E-state index in [1.807, 2.05) is 0 Å². The molecule has 0 aromatic heterocycles. The molecule has 6 heteroatoms. The van der Waals surface area contributed by atoms with Crippen molar-refractivity contribution in [2.24, 2.45) is 0 Å². The number of hydrogen-bond donors (Lipinski definition) is 2. The van der Waals surface area contributed by atoms with Gasteiger partial charge in [-0.05, 0) is 31.5 Å². The number of carbonyl (C=O) groups excluding carboxylic acids is 1. The summed E-state index contributed by atoms with van der Waals surface area (Å²) < 4.78 is 23.3. The topological polar surface area (TPSA) is 75.3 Å². The summed E-state index contributed by atoms with van der Waals surface area (Å²) >= 11 is 0. The smallest absolute Gasteiger partial charge is 0.252 e. The first-order chi connectivity index (χ1) is 8.98. The van der Waals surface area contributed by atoms with Crippen LogP contribution in [0.5, 0.6) is 0 Å². The van der Waals surface area contributed by atoms with Crippen molar-refractivity contribution in [1.82, 2.24) is 10.6 Å². The Morgan fingerprint density at radius 2 is 2.11 bits per heavy atom. The van der Waals surface area contributed by atoms with E-state index in [0.717, 1.165) is 32.2 Å². The number of rotatable bonds is 3. The van der Waals surface area contributed by atoms with E-state index in [1.165, 1.54) is 6.07 Å². The molecule has 0 radical (unpaired) electrons. The van der Waals surface area contributed by atoms with Crippen LogP contribution in [0.2, 0.25) is 0 Å². The molecule has 2 N–H and O–H groups in total. The summed E-state index contributed by atoms with van der Waals surface area (Å²) in [6.45, 7) is 1.69. The molecular formula is C13H18N2O3S. The minimum atomic E-state index is -3.40. The Balaban J connectivity index is 2.19.